The van der Waals surface area contributed by atoms with Gasteiger partial charge in [-0.25, -0.2) is 4.68 Å². The zero-order chi connectivity index (χ0) is 18.7. The van der Waals surface area contributed by atoms with Crippen molar-refractivity contribution in [2.24, 2.45) is 0 Å². The number of carbonyl (C=O) groups excluding carboxylic acids is 1. The van der Waals surface area contributed by atoms with Crippen LogP contribution in [0.2, 0.25) is 5.02 Å². The topological polar surface area (TPSA) is 69.0 Å². The van der Waals surface area contributed by atoms with Crippen LogP contribution in [0.5, 0.6) is 5.75 Å². The molecular formula is C19H19ClN4O2. The van der Waals surface area contributed by atoms with Gasteiger partial charge in [0.1, 0.15) is 5.75 Å². The van der Waals surface area contributed by atoms with Gasteiger partial charge in [-0.2, -0.15) is 0 Å². The average molecular weight is 371 g/mol. The molecule has 1 amide bonds. The molecule has 2 aromatic carbocycles. The molecule has 1 N–H and O–H groups in total. The van der Waals surface area contributed by atoms with Crippen LogP contribution in [0, 0.1) is 13.8 Å². The number of hydrogen-bond donors (Lipinski definition) is 1. The molecule has 0 saturated carbocycles. The van der Waals surface area contributed by atoms with Crippen molar-refractivity contribution in [3.8, 4) is 11.4 Å². The molecule has 0 aliphatic heterocycles. The maximum absolute atomic E-state index is 12.6. The van der Waals surface area contributed by atoms with Crippen LogP contribution in [0.3, 0.4) is 0 Å². The first kappa shape index (κ1) is 17.9. The molecule has 0 bridgehead atoms. The lowest BCUT2D eigenvalue weighted by atomic mass is 10.2. The van der Waals surface area contributed by atoms with Crippen LogP contribution in [-0.4, -0.2) is 27.5 Å². The van der Waals surface area contributed by atoms with E-state index in [0.717, 1.165) is 11.3 Å². The molecule has 1 heterocycles. The Hall–Kier alpha value is -2.86. The van der Waals surface area contributed by atoms with Crippen molar-refractivity contribution in [2.75, 3.05) is 11.9 Å². The SMILES string of the molecule is CCOc1ccccc1NC(=O)c1nnn(-c2ccc(C)c(Cl)c2)c1C. The monoisotopic (exact) mass is 370 g/mol. The summed E-state index contributed by atoms with van der Waals surface area (Å²) < 4.78 is 7.12. The van der Waals surface area contributed by atoms with Gasteiger partial charge >= 0.3 is 0 Å². The first-order valence-corrected chi connectivity index (χ1v) is 8.61. The van der Waals surface area contributed by atoms with E-state index < -0.39 is 0 Å². The lowest BCUT2D eigenvalue weighted by molar-refractivity contribution is 0.102. The first-order chi connectivity index (χ1) is 12.5. The smallest absolute Gasteiger partial charge is 0.278 e. The number of rotatable bonds is 5. The molecule has 0 fully saturated rings. The van der Waals surface area contributed by atoms with Gasteiger partial charge in [-0.05, 0) is 50.6 Å². The number of aromatic nitrogens is 3. The van der Waals surface area contributed by atoms with Crippen molar-refractivity contribution >= 4 is 23.2 Å². The van der Waals surface area contributed by atoms with E-state index in [0.29, 0.717) is 28.8 Å². The van der Waals surface area contributed by atoms with Gasteiger partial charge in [-0.3, -0.25) is 4.79 Å². The molecule has 0 atom stereocenters. The highest BCUT2D eigenvalue weighted by Gasteiger charge is 2.19. The van der Waals surface area contributed by atoms with Crippen LogP contribution in [0.15, 0.2) is 42.5 Å². The molecule has 7 heteroatoms. The predicted molar refractivity (Wildman–Crippen MR) is 101 cm³/mol. The van der Waals surface area contributed by atoms with E-state index in [-0.39, 0.29) is 11.6 Å². The minimum Gasteiger partial charge on any atom is -0.492 e. The largest absolute Gasteiger partial charge is 0.492 e. The van der Waals surface area contributed by atoms with Crippen molar-refractivity contribution in [3.63, 3.8) is 0 Å². The van der Waals surface area contributed by atoms with E-state index in [4.69, 9.17) is 16.3 Å². The standard InChI is InChI=1S/C19H19ClN4O2/c1-4-26-17-8-6-5-7-16(17)21-19(25)18-13(3)24(23-22-18)14-10-9-12(2)15(20)11-14/h5-11H,4H2,1-3H3,(H,21,25). The van der Waals surface area contributed by atoms with Crippen LogP contribution in [0.25, 0.3) is 5.69 Å². The van der Waals surface area contributed by atoms with E-state index in [2.05, 4.69) is 15.6 Å². The van der Waals surface area contributed by atoms with Crippen LogP contribution in [0.4, 0.5) is 5.69 Å². The third kappa shape index (κ3) is 3.55. The molecule has 1 aromatic heterocycles. The molecule has 134 valence electrons. The maximum atomic E-state index is 12.6. The first-order valence-electron chi connectivity index (χ1n) is 8.23. The quantitative estimate of drug-likeness (QED) is 0.731. The van der Waals surface area contributed by atoms with E-state index in [1.807, 2.05) is 38.1 Å². The maximum Gasteiger partial charge on any atom is 0.278 e. The number of benzene rings is 2. The Morgan fingerprint density at radius 2 is 2.00 bits per heavy atom. The summed E-state index contributed by atoms with van der Waals surface area (Å²) in [4.78, 5) is 12.6. The Morgan fingerprint density at radius 1 is 1.23 bits per heavy atom. The normalized spacial score (nSPS) is 10.6. The Balaban J connectivity index is 1.88. The van der Waals surface area contributed by atoms with Crippen LogP contribution in [-0.2, 0) is 0 Å². The number of nitrogens with zero attached hydrogens (tertiary/aromatic N) is 3. The van der Waals surface area contributed by atoms with Gasteiger partial charge in [-0.15, -0.1) is 5.10 Å². The van der Waals surface area contributed by atoms with Gasteiger partial charge in [0.15, 0.2) is 5.69 Å². The summed E-state index contributed by atoms with van der Waals surface area (Å²) in [5.41, 5.74) is 3.18. The number of nitrogens with one attached hydrogen (secondary N) is 1. The second-order valence-corrected chi connectivity index (χ2v) is 6.16. The van der Waals surface area contributed by atoms with Crippen molar-refractivity contribution < 1.29 is 9.53 Å². The van der Waals surface area contributed by atoms with E-state index in [9.17, 15) is 4.79 Å². The Bertz CT molecular complexity index is 952. The summed E-state index contributed by atoms with van der Waals surface area (Å²) in [6.07, 6.45) is 0. The molecule has 6 nitrogen and oxygen atoms in total. The molecular weight excluding hydrogens is 352 g/mol. The number of amides is 1. The van der Waals surface area contributed by atoms with Gasteiger partial charge in [-0.1, -0.05) is 35.0 Å². The summed E-state index contributed by atoms with van der Waals surface area (Å²) in [7, 11) is 0. The van der Waals surface area contributed by atoms with E-state index in [1.165, 1.54) is 0 Å². The molecule has 0 aliphatic carbocycles. The lowest BCUT2D eigenvalue weighted by Gasteiger charge is -2.10. The number of carbonyl (C=O) groups is 1. The predicted octanol–water partition coefficient (Wildman–Crippen LogP) is 4.19. The molecule has 0 radical (unpaired) electrons. The van der Waals surface area contributed by atoms with Crippen molar-refractivity contribution in [3.05, 3.63) is 64.4 Å². The second kappa shape index (κ2) is 7.58. The zero-order valence-corrected chi connectivity index (χ0v) is 15.5. The molecule has 0 aliphatic rings. The summed E-state index contributed by atoms with van der Waals surface area (Å²) >= 11 is 6.19. The number of para-hydroxylation sites is 2. The van der Waals surface area contributed by atoms with Gasteiger partial charge in [0, 0.05) is 5.02 Å². The molecule has 0 unspecified atom stereocenters. The van der Waals surface area contributed by atoms with Crippen molar-refractivity contribution in [1.82, 2.24) is 15.0 Å². The van der Waals surface area contributed by atoms with Gasteiger partial charge in [0.25, 0.3) is 5.91 Å². The molecule has 3 rings (SSSR count). The van der Waals surface area contributed by atoms with Gasteiger partial charge in [0.2, 0.25) is 0 Å². The number of aryl methyl sites for hydroxylation is 1. The van der Waals surface area contributed by atoms with Gasteiger partial charge < -0.3 is 10.1 Å². The summed E-state index contributed by atoms with van der Waals surface area (Å²) in [5, 5.41) is 11.6. The van der Waals surface area contributed by atoms with Gasteiger partial charge in [0.05, 0.1) is 23.7 Å². The second-order valence-electron chi connectivity index (χ2n) is 5.75. The minimum atomic E-state index is -0.348. The third-order valence-electron chi connectivity index (χ3n) is 3.94. The summed E-state index contributed by atoms with van der Waals surface area (Å²) in [6.45, 7) is 6.11. The summed E-state index contributed by atoms with van der Waals surface area (Å²) in [5.74, 6) is 0.262. The van der Waals surface area contributed by atoms with Crippen molar-refractivity contribution in [2.45, 2.75) is 20.8 Å². The number of anilines is 1. The highest BCUT2D eigenvalue weighted by molar-refractivity contribution is 6.31. The summed E-state index contributed by atoms with van der Waals surface area (Å²) in [6, 6.07) is 12.8. The molecule has 0 saturated heterocycles. The highest BCUT2D eigenvalue weighted by atomic mass is 35.5. The Kier molecular flexibility index (Phi) is 5.23. The van der Waals surface area contributed by atoms with Crippen LogP contribution in [0.1, 0.15) is 28.7 Å². The fourth-order valence-corrected chi connectivity index (χ4v) is 2.71. The van der Waals surface area contributed by atoms with Crippen molar-refractivity contribution in [1.29, 1.82) is 0 Å². The van der Waals surface area contributed by atoms with E-state index >= 15 is 0 Å². The lowest BCUT2D eigenvalue weighted by Crippen LogP contribution is -2.15. The molecule has 0 spiro atoms. The average Bonchev–Trinajstić information content (AvgIpc) is 3.01. The number of halogens is 1. The number of hydrogen-bond acceptors (Lipinski definition) is 4. The number of ether oxygens (including phenoxy) is 1. The van der Waals surface area contributed by atoms with Crippen LogP contribution < -0.4 is 10.1 Å². The zero-order valence-electron chi connectivity index (χ0n) is 14.8. The molecule has 3 aromatic rings. The third-order valence-corrected chi connectivity index (χ3v) is 4.35. The van der Waals surface area contributed by atoms with Crippen LogP contribution >= 0.6 is 11.6 Å². The Labute approximate surface area is 156 Å². The highest BCUT2D eigenvalue weighted by Crippen LogP contribution is 2.25. The fraction of sp³-hybridized carbons (Fsp3) is 0.211. The molecule has 26 heavy (non-hydrogen) atoms. The van der Waals surface area contributed by atoms with E-state index in [1.54, 1.807) is 29.8 Å². The minimum absolute atomic E-state index is 0.244. The fourth-order valence-electron chi connectivity index (χ4n) is 2.53. The Morgan fingerprint density at radius 3 is 2.73 bits per heavy atom.